The van der Waals surface area contributed by atoms with Crippen LogP contribution in [0, 0.1) is 5.92 Å². The van der Waals surface area contributed by atoms with Crippen molar-refractivity contribution in [1.29, 1.82) is 0 Å². The Morgan fingerprint density at radius 1 is 1.20 bits per heavy atom. The number of carbonyl (C=O) groups excluding carboxylic acids is 1. The van der Waals surface area contributed by atoms with Gasteiger partial charge in [0.15, 0.2) is 6.10 Å². The fraction of sp³-hybridized carbons (Fsp3) is 0.526. The number of esters is 1. The Bertz CT molecular complexity index is 552. The number of ether oxygens (including phenoxy) is 4. The molecule has 0 saturated heterocycles. The summed E-state index contributed by atoms with van der Waals surface area (Å²) in [5, 5.41) is 10.2. The van der Waals surface area contributed by atoms with Crippen LogP contribution in [0.1, 0.15) is 19.4 Å². The van der Waals surface area contributed by atoms with Crippen molar-refractivity contribution in [2.45, 2.75) is 32.7 Å². The molecular formula is C19H28O6. The van der Waals surface area contributed by atoms with Crippen molar-refractivity contribution >= 4 is 5.97 Å². The minimum Gasteiger partial charge on any atom is -0.497 e. The SMILES string of the molecule is COC(=O)[C@H](OC)[C@H](O)/C(C)=C/[C@@H](C)COCc1ccc(OC)cc1. The number of rotatable bonds is 10. The van der Waals surface area contributed by atoms with Gasteiger partial charge in [0.25, 0.3) is 0 Å². The van der Waals surface area contributed by atoms with Crippen LogP contribution in [0.4, 0.5) is 0 Å². The molecule has 0 amide bonds. The monoisotopic (exact) mass is 352 g/mol. The summed E-state index contributed by atoms with van der Waals surface area (Å²) in [5.74, 6) is 0.275. The highest BCUT2D eigenvalue weighted by atomic mass is 16.6. The molecule has 1 aromatic rings. The zero-order valence-electron chi connectivity index (χ0n) is 15.5. The Hall–Kier alpha value is -1.89. The molecule has 0 aliphatic heterocycles. The third kappa shape index (κ3) is 6.86. The first-order valence-electron chi connectivity index (χ1n) is 8.10. The molecule has 1 aromatic carbocycles. The van der Waals surface area contributed by atoms with Crippen LogP contribution < -0.4 is 4.74 Å². The van der Waals surface area contributed by atoms with E-state index in [9.17, 15) is 9.90 Å². The van der Waals surface area contributed by atoms with E-state index in [1.807, 2.05) is 37.3 Å². The normalized spacial score (nSPS) is 15.4. The van der Waals surface area contributed by atoms with E-state index in [1.54, 1.807) is 14.0 Å². The van der Waals surface area contributed by atoms with Crippen LogP contribution in [0.5, 0.6) is 5.75 Å². The third-order valence-electron chi connectivity index (χ3n) is 3.80. The molecule has 3 atom stereocenters. The Labute approximate surface area is 149 Å². The van der Waals surface area contributed by atoms with E-state index in [1.165, 1.54) is 14.2 Å². The summed E-state index contributed by atoms with van der Waals surface area (Å²) in [7, 11) is 4.25. The van der Waals surface area contributed by atoms with Gasteiger partial charge in [-0.1, -0.05) is 25.1 Å². The molecule has 6 heteroatoms. The third-order valence-corrected chi connectivity index (χ3v) is 3.80. The molecule has 6 nitrogen and oxygen atoms in total. The van der Waals surface area contributed by atoms with Crippen LogP contribution in [0.25, 0.3) is 0 Å². The molecule has 1 N–H and O–H groups in total. The van der Waals surface area contributed by atoms with Gasteiger partial charge in [0, 0.05) is 7.11 Å². The second-order valence-corrected chi connectivity index (χ2v) is 5.88. The van der Waals surface area contributed by atoms with Crippen molar-refractivity contribution in [2.75, 3.05) is 27.9 Å². The minimum absolute atomic E-state index is 0.0723. The fourth-order valence-electron chi connectivity index (χ4n) is 2.39. The standard InChI is InChI=1S/C19H28O6/c1-13(10-14(2)17(20)18(23-4)19(21)24-5)11-25-12-15-6-8-16(22-3)9-7-15/h6-10,13,17-18,20H,11-12H2,1-5H3/b14-10+/t13-,17-,18-/m1/s1. The van der Waals surface area contributed by atoms with Crippen molar-refractivity contribution in [3.8, 4) is 5.75 Å². The highest BCUT2D eigenvalue weighted by molar-refractivity contribution is 5.75. The Kier molecular flexibility index (Phi) is 9.20. The predicted octanol–water partition coefficient (Wildman–Crippen LogP) is 2.34. The first-order chi connectivity index (χ1) is 11.9. The lowest BCUT2D eigenvalue weighted by Gasteiger charge is -2.21. The van der Waals surface area contributed by atoms with E-state index in [4.69, 9.17) is 14.2 Å². The Balaban J connectivity index is 2.51. The number of methoxy groups -OCH3 is 3. The minimum atomic E-state index is -1.05. The number of hydrogen-bond acceptors (Lipinski definition) is 6. The average molecular weight is 352 g/mol. The molecule has 0 aliphatic rings. The zero-order valence-corrected chi connectivity index (χ0v) is 15.5. The van der Waals surface area contributed by atoms with Gasteiger partial charge in [-0.15, -0.1) is 0 Å². The molecule has 25 heavy (non-hydrogen) atoms. The maximum absolute atomic E-state index is 11.6. The summed E-state index contributed by atoms with van der Waals surface area (Å²) in [6.07, 6.45) is -0.219. The van der Waals surface area contributed by atoms with Crippen LogP contribution in [0.2, 0.25) is 0 Å². The molecule has 0 heterocycles. The van der Waals surface area contributed by atoms with Crippen LogP contribution in [0.15, 0.2) is 35.9 Å². The first kappa shape index (κ1) is 21.2. The van der Waals surface area contributed by atoms with Crippen molar-refractivity contribution in [2.24, 2.45) is 5.92 Å². The predicted molar refractivity (Wildman–Crippen MR) is 94.4 cm³/mol. The molecule has 0 aliphatic carbocycles. The summed E-state index contributed by atoms with van der Waals surface area (Å²) >= 11 is 0. The first-order valence-corrected chi connectivity index (χ1v) is 8.10. The summed E-state index contributed by atoms with van der Waals surface area (Å²) < 4.78 is 20.5. The number of hydrogen-bond donors (Lipinski definition) is 1. The van der Waals surface area contributed by atoms with Crippen molar-refractivity contribution in [3.63, 3.8) is 0 Å². The number of carbonyl (C=O) groups is 1. The topological polar surface area (TPSA) is 74.2 Å². The molecule has 0 fully saturated rings. The average Bonchev–Trinajstić information content (AvgIpc) is 2.62. The number of aliphatic hydroxyl groups excluding tert-OH is 1. The second kappa shape index (κ2) is 10.9. The van der Waals surface area contributed by atoms with Crippen molar-refractivity contribution in [1.82, 2.24) is 0 Å². The summed E-state index contributed by atoms with van der Waals surface area (Å²) in [6, 6.07) is 7.68. The maximum atomic E-state index is 11.6. The zero-order chi connectivity index (χ0) is 18.8. The molecule has 0 spiro atoms. The van der Waals surface area contributed by atoms with E-state index in [0.29, 0.717) is 18.8 Å². The van der Waals surface area contributed by atoms with Crippen molar-refractivity contribution < 1.29 is 28.8 Å². The summed E-state index contributed by atoms with van der Waals surface area (Å²) in [5.41, 5.74) is 1.69. The van der Waals surface area contributed by atoms with Gasteiger partial charge >= 0.3 is 5.97 Å². The summed E-state index contributed by atoms with van der Waals surface area (Å²) in [4.78, 5) is 11.6. The lowest BCUT2D eigenvalue weighted by atomic mass is 10.0. The molecular weight excluding hydrogens is 324 g/mol. The maximum Gasteiger partial charge on any atom is 0.338 e. The van der Waals surface area contributed by atoms with Gasteiger partial charge in [-0.2, -0.15) is 0 Å². The van der Waals surface area contributed by atoms with E-state index < -0.39 is 18.2 Å². The van der Waals surface area contributed by atoms with E-state index >= 15 is 0 Å². The molecule has 0 radical (unpaired) electrons. The van der Waals surface area contributed by atoms with Crippen molar-refractivity contribution in [3.05, 3.63) is 41.5 Å². The quantitative estimate of drug-likeness (QED) is 0.515. The van der Waals surface area contributed by atoms with Gasteiger partial charge in [-0.3, -0.25) is 0 Å². The largest absolute Gasteiger partial charge is 0.497 e. The molecule has 0 aromatic heterocycles. The molecule has 0 bridgehead atoms. The van der Waals surface area contributed by atoms with Gasteiger partial charge in [0.1, 0.15) is 11.9 Å². The van der Waals surface area contributed by atoms with Gasteiger partial charge < -0.3 is 24.1 Å². The smallest absolute Gasteiger partial charge is 0.338 e. The Morgan fingerprint density at radius 3 is 2.36 bits per heavy atom. The lowest BCUT2D eigenvalue weighted by molar-refractivity contribution is -0.157. The highest BCUT2D eigenvalue weighted by Gasteiger charge is 2.28. The highest BCUT2D eigenvalue weighted by Crippen LogP contribution is 2.15. The number of benzene rings is 1. The molecule has 140 valence electrons. The van der Waals surface area contributed by atoms with Gasteiger partial charge in [-0.05, 0) is 36.1 Å². The lowest BCUT2D eigenvalue weighted by Crippen LogP contribution is -2.37. The second-order valence-electron chi connectivity index (χ2n) is 5.88. The fourth-order valence-corrected chi connectivity index (χ4v) is 2.39. The van der Waals surface area contributed by atoms with Gasteiger partial charge in [0.05, 0.1) is 27.4 Å². The van der Waals surface area contributed by atoms with Crippen LogP contribution in [-0.4, -0.2) is 51.2 Å². The molecule has 0 unspecified atom stereocenters. The van der Waals surface area contributed by atoms with Gasteiger partial charge in [0.2, 0.25) is 0 Å². The molecule has 0 saturated carbocycles. The van der Waals surface area contributed by atoms with E-state index in [-0.39, 0.29) is 5.92 Å². The molecule has 1 rings (SSSR count). The van der Waals surface area contributed by atoms with E-state index in [2.05, 4.69) is 4.74 Å². The van der Waals surface area contributed by atoms with E-state index in [0.717, 1.165) is 11.3 Å². The van der Waals surface area contributed by atoms with Crippen LogP contribution in [-0.2, 0) is 25.6 Å². The van der Waals surface area contributed by atoms with Crippen LogP contribution >= 0.6 is 0 Å². The van der Waals surface area contributed by atoms with Crippen LogP contribution in [0.3, 0.4) is 0 Å². The van der Waals surface area contributed by atoms with Gasteiger partial charge in [-0.25, -0.2) is 4.79 Å². The number of aliphatic hydroxyl groups is 1. The Morgan fingerprint density at radius 2 is 1.84 bits per heavy atom. The summed E-state index contributed by atoms with van der Waals surface area (Å²) in [6.45, 7) is 4.71.